The minimum Gasteiger partial charge on any atom is -0.504 e. The summed E-state index contributed by atoms with van der Waals surface area (Å²) >= 11 is 0. The summed E-state index contributed by atoms with van der Waals surface area (Å²) in [5.74, 6) is -0.159. The normalized spacial score (nSPS) is 10.3. The van der Waals surface area contributed by atoms with Crippen LogP contribution < -0.4 is 5.32 Å². The third-order valence-electron chi connectivity index (χ3n) is 2.91. The molecule has 0 atom stereocenters. The second-order valence-corrected chi connectivity index (χ2v) is 4.47. The summed E-state index contributed by atoms with van der Waals surface area (Å²) in [7, 11) is 0. The van der Waals surface area contributed by atoms with Gasteiger partial charge in [-0.25, -0.2) is 0 Å². The second kappa shape index (κ2) is 6.89. The fraction of sp³-hybridized carbons (Fsp3) is 0.500. The number of carbonyl (C=O) groups is 1. The zero-order valence-corrected chi connectivity index (χ0v) is 11.0. The Morgan fingerprint density at radius 2 is 1.94 bits per heavy atom. The quantitative estimate of drug-likeness (QED) is 0.679. The second-order valence-electron chi connectivity index (χ2n) is 4.47. The number of hydrogen-bond acceptors (Lipinski definition) is 3. The maximum absolute atomic E-state index is 11.4. The van der Waals surface area contributed by atoms with Gasteiger partial charge in [0.2, 0.25) is 5.91 Å². The van der Waals surface area contributed by atoms with Gasteiger partial charge < -0.3 is 15.5 Å². The van der Waals surface area contributed by atoms with Gasteiger partial charge in [0.15, 0.2) is 11.5 Å². The molecule has 0 bridgehead atoms. The van der Waals surface area contributed by atoms with Crippen LogP contribution in [0.2, 0.25) is 0 Å². The number of aryl methyl sites for hydroxylation is 1. The first-order chi connectivity index (χ1) is 8.54. The number of phenols is 2. The molecule has 1 amide bonds. The minimum atomic E-state index is -0.118. The zero-order valence-electron chi connectivity index (χ0n) is 11.0. The first-order valence-electron chi connectivity index (χ1n) is 6.32. The summed E-state index contributed by atoms with van der Waals surface area (Å²) in [4.78, 5) is 11.4. The number of aromatic hydroxyl groups is 2. The number of phenolic OH excluding ortho intramolecular Hbond substituents is 2. The number of amides is 1. The molecule has 0 aliphatic rings. The van der Waals surface area contributed by atoms with Gasteiger partial charge >= 0.3 is 0 Å². The molecule has 0 saturated heterocycles. The molecule has 1 aromatic carbocycles. The number of benzene rings is 1. The Bertz CT molecular complexity index is 416. The monoisotopic (exact) mass is 251 g/mol. The highest BCUT2D eigenvalue weighted by atomic mass is 16.3. The van der Waals surface area contributed by atoms with E-state index < -0.39 is 0 Å². The van der Waals surface area contributed by atoms with Crippen molar-refractivity contribution >= 4 is 5.91 Å². The lowest BCUT2D eigenvalue weighted by Gasteiger charge is -2.09. The first-order valence-corrected chi connectivity index (χ1v) is 6.32. The molecule has 0 saturated carbocycles. The molecular weight excluding hydrogens is 230 g/mol. The minimum absolute atomic E-state index is 0.0671. The van der Waals surface area contributed by atoms with Gasteiger partial charge in [0, 0.05) is 13.0 Å². The van der Waals surface area contributed by atoms with Gasteiger partial charge in [0.25, 0.3) is 0 Å². The highest BCUT2D eigenvalue weighted by Gasteiger charge is 2.06. The molecule has 3 N–H and O–H groups in total. The van der Waals surface area contributed by atoms with Gasteiger partial charge in [0.05, 0.1) is 0 Å². The third-order valence-corrected chi connectivity index (χ3v) is 2.91. The first kappa shape index (κ1) is 14.4. The van der Waals surface area contributed by atoms with Gasteiger partial charge in [-0.15, -0.1) is 0 Å². The molecule has 4 heteroatoms. The summed E-state index contributed by atoms with van der Waals surface area (Å²) in [5.41, 5.74) is 1.84. The van der Waals surface area contributed by atoms with E-state index in [0.29, 0.717) is 19.4 Å². The summed E-state index contributed by atoms with van der Waals surface area (Å²) < 4.78 is 0. The van der Waals surface area contributed by atoms with Crippen LogP contribution in [0.1, 0.15) is 37.3 Å². The van der Waals surface area contributed by atoms with Crippen molar-refractivity contribution in [1.29, 1.82) is 0 Å². The van der Waals surface area contributed by atoms with Crippen LogP contribution in [0.4, 0.5) is 0 Å². The zero-order chi connectivity index (χ0) is 13.5. The lowest BCUT2D eigenvalue weighted by atomic mass is 10.0. The largest absolute Gasteiger partial charge is 0.504 e. The number of carbonyl (C=O) groups excluding carboxylic acids is 1. The van der Waals surface area contributed by atoms with E-state index in [1.165, 1.54) is 6.07 Å². The SMILES string of the molecule is CCCCC(=O)NCCc1cc(O)c(O)cc1C. The van der Waals surface area contributed by atoms with Crippen molar-refractivity contribution in [2.75, 3.05) is 6.54 Å². The van der Waals surface area contributed by atoms with E-state index in [0.717, 1.165) is 24.0 Å². The van der Waals surface area contributed by atoms with Gasteiger partial charge in [-0.05, 0) is 43.0 Å². The van der Waals surface area contributed by atoms with E-state index in [4.69, 9.17) is 0 Å². The summed E-state index contributed by atoms with van der Waals surface area (Å²) in [6.45, 7) is 4.47. The van der Waals surface area contributed by atoms with Crippen LogP contribution in [0.25, 0.3) is 0 Å². The van der Waals surface area contributed by atoms with Crippen molar-refractivity contribution in [2.45, 2.75) is 39.5 Å². The molecule has 0 spiro atoms. The molecule has 0 aromatic heterocycles. The Morgan fingerprint density at radius 3 is 2.61 bits per heavy atom. The number of nitrogens with one attached hydrogen (secondary N) is 1. The van der Waals surface area contributed by atoms with Crippen LogP contribution in [0.3, 0.4) is 0 Å². The van der Waals surface area contributed by atoms with Crippen LogP contribution >= 0.6 is 0 Å². The molecule has 0 radical (unpaired) electrons. The Balaban J connectivity index is 2.44. The van der Waals surface area contributed by atoms with E-state index in [9.17, 15) is 15.0 Å². The standard InChI is InChI=1S/C14H21NO3/c1-3-4-5-14(18)15-7-6-11-9-13(17)12(16)8-10(11)2/h8-9,16-17H,3-7H2,1-2H3,(H,15,18). The topological polar surface area (TPSA) is 69.6 Å². The van der Waals surface area contributed by atoms with Crippen LogP contribution in [-0.2, 0) is 11.2 Å². The molecule has 1 aromatic rings. The smallest absolute Gasteiger partial charge is 0.220 e. The van der Waals surface area contributed by atoms with E-state index >= 15 is 0 Å². The maximum Gasteiger partial charge on any atom is 0.220 e. The van der Waals surface area contributed by atoms with E-state index in [1.54, 1.807) is 6.07 Å². The van der Waals surface area contributed by atoms with Gasteiger partial charge in [-0.3, -0.25) is 4.79 Å². The number of rotatable bonds is 6. The molecule has 0 heterocycles. The van der Waals surface area contributed by atoms with Gasteiger partial charge in [-0.1, -0.05) is 13.3 Å². The predicted molar refractivity (Wildman–Crippen MR) is 70.7 cm³/mol. The Kier molecular flexibility index (Phi) is 5.49. The lowest BCUT2D eigenvalue weighted by Crippen LogP contribution is -2.25. The van der Waals surface area contributed by atoms with Crippen LogP contribution in [0.5, 0.6) is 11.5 Å². The molecule has 0 aliphatic carbocycles. The highest BCUT2D eigenvalue weighted by Crippen LogP contribution is 2.27. The number of hydrogen-bond donors (Lipinski definition) is 3. The van der Waals surface area contributed by atoms with E-state index in [1.807, 2.05) is 6.92 Å². The Morgan fingerprint density at radius 1 is 1.28 bits per heavy atom. The van der Waals surface area contributed by atoms with Crippen molar-refractivity contribution in [3.8, 4) is 11.5 Å². The predicted octanol–water partition coefficient (Wildman–Crippen LogP) is 2.26. The van der Waals surface area contributed by atoms with Crippen molar-refractivity contribution < 1.29 is 15.0 Å². The Hall–Kier alpha value is -1.71. The molecule has 1 rings (SSSR count). The average Bonchev–Trinajstić information content (AvgIpc) is 2.33. The van der Waals surface area contributed by atoms with Crippen molar-refractivity contribution in [3.63, 3.8) is 0 Å². The van der Waals surface area contributed by atoms with E-state index in [-0.39, 0.29) is 17.4 Å². The van der Waals surface area contributed by atoms with Crippen molar-refractivity contribution in [3.05, 3.63) is 23.3 Å². The summed E-state index contributed by atoms with van der Waals surface area (Å²) in [5, 5.41) is 21.6. The number of unbranched alkanes of at least 4 members (excludes halogenated alkanes) is 1. The highest BCUT2D eigenvalue weighted by molar-refractivity contribution is 5.75. The fourth-order valence-electron chi connectivity index (χ4n) is 1.76. The Labute approximate surface area is 108 Å². The molecule has 0 unspecified atom stereocenters. The summed E-state index contributed by atoms with van der Waals surface area (Å²) in [6.07, 6.45) is 3.14. The molecule has 0 fully saturated rings. The van der Waals surface area contributed by atoms with E-state index in [2.05, 4.69) is 12.2 Å². The van der Waals surface area contributed by atoms with Gasteiger partial charge in [-0.2, -0.15) is 0 Å². The molecule has 100 valence electrons. The molecule has 18 heavy (non-hydrogen) atoms. The average molecular weight is 251 g/mol. The molecular formula is C14H21NO3. The summed E-state index contributed by atoms with van der Waals surface area (Å²) in [6, 6.07) is 3.08. The fourth-order valence-corrected chi connectivity index (χ4v) is 1.76. The van der Waals surface area contributed by atoms with Crippen LogP contribution in [0.15, 0.2) is 12.1 Å². The lowest BCUT2D eigenvalue weighted by molar-refractivity contribution is -0.121. The maximum atomic E-state index is 11.4. The van der Waals surface area contributed by atoms with Crippen molar-refractivity contribution in [2.24, 2.45) is 0 Å². The van der Waals surface area contributed by atoms with Crippen LogP contribution in [-0.4, -0.2) is 22.7 Å². The molecule has 4 nitrogen and oxygen atoms in total. The van der Waals surface area contributed by atoms with Gasteiger partial charge in [0.1, 0.15) is 0 Å². The third kappa shape index (κ3) is 4.28. The van der Waals surface area contributed by atoms with Crippen molar-refractivity contribution in [1.82, 2.24) is 5.32 Å². The molecule has 0 aliphatic heterocycles. The van der Waals surface area contributed by atoms with Crippen LogP contribution in [0, 0.1) is 6.92 Å².